The topological polar surface area (TPSA) is 85.9 Å². The van der Waals surface area contributed by atoms with Crippen LogP contribution in [0, 0.1) is 0 Å². The Hall–Kier alpha value is -3.32. The highest BCUT2D eigenvalue weighted by Crippen LogP contribution is 2.50. The molecule has 4 rings (SSSR count). The Labute approximate surface area is 182 Å². The zero-order chi connectivity index (χ0) is 22.0. The molecule has 31 heavy (non-hydrogen) atoms. The molecule has 2 heterocycles. The zero-order valence-corrected chi connectivity index (χ0v) is 18.3. The monoisotopic (exact) mass is 422 g/mol. The predicted octanol–water partition coefficient (Wildman–Crippen LogP) is 1.88. The van der Waals surface area contributed by atoms with E-state index in [4.69, 9.17) is 15.2 Å². The van der Waals surface area contributed by atoms with Crippen LogP contribution in [0.2, 0.25) is 0 Å². The molecular formula is C24H30N4O3+2. The molecule has 7 heteroatoms. The Morgan fingerprint density at radius 3 is 2.68 bits per heavy atom. The van der Waals surface area contributed by atoms with Gasteiger partial charge >= 0.3 is 5.88 Å². The van der Waals surface area contributed by atoms with Crippen LogP contribution in [-0.2, 0) is 6.54 Å². The zero-order valence-electron chi connectivity index (χ0n) is 18.3. The van der Waals surface area contributed by atoms with E-state index in [1.54, 1.807) is 25.6 Å². The van der Waals surface area contributed by atoms with Crippen LogP contribution in [0.4, 0.5) is 5.82 Å². The third kappa shape index (κ3) is 3.88. The lowest BCUT2D eigenvalue weighted by molar-refractivity contribution is -0.915. The molecule has 0 aliphatic carbocycles. The summed E-state index contributed by atoms with van der Waals surface area (Å²) in [5.41, 5.74) is 9.43. The summed E-state index contributed by atoms with van der Waals surface area (Å²) in [4.78, 5) is 6.10. The van der Waals surface area contributed by atoms with Gasteiger partial charge in [0.2, 0.25) is 12.1 Å². The third-order valence-corrected chi connectivity index (χ3v) is 6.09. The number of rotatable bonds is 7. The van der Waals surface area contributed by atoms with Crippen LogP contribution in [0.25, 0.3) is 0 Å². The third-order valence-electron chi connectivity index (χ3n) is 6.09. The second-order valence-corrected chi connectivity index (χ2v) is 7.75. The molecule has 0 unspecified atom stereocenters. The minimum absolute atomic E-state index is 0.141. The van der Waals surface area contributed by atoms with Crippen molar-refractivity contribution in [1.29, 1.82) is 0 Å². The normalized spacial score (nSPS) is 14.6. The average Bonchev–Trinajstić information content (AvgIpc) is 2.79. The highest BCUT2D eigenvalue weighted by molar-refractivity contribution is 5.63. The first-order valence-corrected chi connectivity index (χ1v) is 10.7. The minimum atomic E-state index is -0.226. The quantitative estimate of drug-likeness (QED) is 0.396. The van der Waals surface area contributed by atoms with Crippen molar-refractivity contribution in [2.45, 2.75) is 26.3 Å². The van der Waals surface area contributed by atoms with Crippen molar-refractivity contribution < 1.29 is 24.0 Å². The molecule has 0 amide bonds. The van der Waals surface area contributed by atoms with Crippen LogP contribution in [0.5, 0.6) is 23.1 Å². The fourth-order valence-corrected chi connectivity index (χ4v) is 4.27. The number of nitrogens with zero attached hydrogens (tertiary/aromatic N) is 2. The van der Waals surface area contributed by atoms with E-state index in [1.165, 1.54) is 4.90 Å². The maximum absolute atomic E-state index is 10.0. The Morgan fingerprint density at radius 2 is 1.94 bits per heavy atom. The number of nitrogen functional groups attached to an aromatic ring is 1. The number of likely N-dealkylation sites (N-methyl/N-ethyl adjacent to an activating group) is 1. The van der Waals surface area contributed by atoms with Gasteiger partial charge in [0.05, 0.1) is 26.1 Å². The van der Waals surface area contributed by atoms with Crippen LogP contribution < -0.4 is 24.7 Å². The summed E-state index contributed by atoms with van der Waals surface area (Å²) in [6, 6.07) is 13.1. The molecule has 1 aliphatic heterocycles. The molecule has 1 atom stereocenters. The Bertz CT molecular complexity index is 1080. The molecule has 0 radical (unpaired) electrons. The fourth-order valence-electron chi connectivity index (χ4n) is 4.27. The minimum Gasteiger partial charge on any atom is -0.508 e. The van der Waals surface area contributed by atoms with Gasteiger partial charge in [-0.1, -0.05) is 29.2 Å². The van der Waals surface area contributed by atoms with Gasteiger partial charge in [-0.2, -0.15) is 0 Å². The highest BCUT2D eigenvalue weighted by atomic mass is 16.5. The van der Waals surface area contributed by atoms with Gasteiger partial charge in [0, 0.05) is 17.2 Å². The SMILES string of the molecule is CC[NH+](CC)CC[n+]1cnc2c(c1N)[C@H](c1ccccc1OC)c1ccc(O)cc1O2. The summed E-state index contributed by atoms with van der Waals surface area (Å²) < 4.78 is 13.7. The van der Waals surface area contributed by atoms with Crippen LogP contribution in [0.1, 0.15) is 36.5 Å². The van der Waals surface area contributed by atoms with E-state index in [-0.39, 0.29) is 11.7 Å². The largest absolute Gasteiger partial charge is 0.508 e. The van der Waals surface area contributed by atoms with E-state index in [1.807, 2.05) is 34.9 Å². The number of phenols is 1. The number of aromatic hydroxyl groups is 1. The Morgan fingerprint density at radius 1 is 1.16 bits per heavy atom. The summed E-state index contributed by atoms with van der Waals surface area (Å²) in [7, 11) is 1.66. The lowest BCUT2D eigenvalue weighted by atomic mass is 9.83. The number of hydrogen-bond donors (Lipinski definition) is 3. The average molecular weight is 423 g/mol. The smallest absolute Gasteiger partial charge is 0.306 e. The Kier molecular flexibility index (Phi) is 5.95. The first kappa shape index (κ1) is 20.9. The predicted molar refractivity (Wildman–Crippen MR) is 118 cm³/mol. The van der Waals surface area contributed by atoms with Crippen molar-refractivity contribution in [3.05, 3.63) is 65.5 Å². The molecule has 1 aliphatic rings. The number of para-hydroxylation sites is 1. The van der Waals surface area contributed by atoms with Crippen molar-refractivity contribution in [3.8, 4) is 23.1 Å². The molecule has 2 aromatic carbocycles. The summed E-state index contributed by atoms with van der Waals surface area (Å²) in [5.74, 6) is 2.34. The number of phenolic OH excluding ortho intramolecular Hbond substituents is 1. The van der Waals surface area contributed by atoms with Crippen LogP contribution in [0.3, 0.4) is 0 Å². The molecule has 1 aromatic heterocycles. The first-order valence-electron chi connectivity index (χ1n) is 10.7. The number of nitrogens with one attached hydrogen (secondary N) is 1. The van der Waals surface area contributed by atoms with E-state index in [2.05, 4.69) is 18.8 Å². The summed E-state index contributed by atoms with van der Waals surface area (Å²) >= 11 is 0. The lowest BCUT2D eigenvalue weighted by Crippen LogP contribution is -3.12. The van der Waals surface area contributed by atoms with Crippen LogP contribution in [0.15, 0.2) is 48.8 Å². The highest BCUT2D eigenvalue weighted by Gasteiger charge is 2.37. The molecule has 0 saturated carbocycles. The fraction of sp³-hybridized carbons (Fsp3) is 0.333. The number of ether oxygens (including phenoxy) is 2. The second kappa shape index (κ2) is 8.81. The molecule has 0 saturated heterocycles. The number of nitrogens with two attached hydrogens (primary N) is 1. The maximum Gasteiger partial charge on any atom is 0.306 e. The number of methoxy groups -OCH3 is 1. The van der Waals surface area contributed by atoms with Crippen LogP contribution in [-0.4, -0.2) is 36.8 Å². The van der Waals surface area contributed by atoms with Crippen molar-refractivity contribution >= 4 is 5.82 Å². The number of benzene rings is 2. The molecule has 162 valence electrons. The molecule has 0 bridgehead atoms. The van der Waals surface area contributed by atoms with Gasteiger partial charge in [0.15, 0.2) is 0 Å². The molecule has 3 aromatic rings. The van der Waals surface area contributed by atoms with Crippen molar-refractivity contribution in [1.82, 2.24) is 4.98 Å². The second-order valence-electron chi connectivity index (χ2n) is 7.75. The van der Waals surface area contributed by atoms with Crippen molar-refractivity contribution in [3.63, 3.8) is 0 Å². The summed E-state index contributed by atoms with van der Waals surface area (Å²) in [6.07, 6.45) is 1.74. The van der Waals surface area contributed by atoms with Gasteiger partial charge in [0.25, 0.3) is 0 Å². The first-order chi connectivity index (χ1) is 15.1. The maximum atomic E-state index is 10.0. The molecular weight excluding hydrogens is 392 g/mol. The van der Waals surface area contributed by atoms with E-state index in [0.717, 1.165) is 48.6 Å². The molecule has 0 fully saturated rings. The molecule has 7 nitrogen and oxygen atoms in total. The van der Waals surface area contributed by atoms with Crippen LogP contribution >= 0.6 is 0 Å². The summed E-state index contributed by atoms with van der Waals surface area (Å²) in [5, 5.41) is 10.0. The number of hydrogen-bond acceptors (Lipinski definition) is 5. The summed E-state index contributed by atoms with van der Waals surface area (Å²) in [6.45, 7) is 8.25. The Balaban J connectivity index is 1.86. The van der Waals surface area contributed by atoms with Gasteiger partial charge in [-0.15, -0.1) is 0 Å². The standard InChI is InChI=1S/C24H28N4O3/c1-4-27(5-2)12-13-28-15-26-24-22(23(28)25)21(17-8-6-7-9-19(17)30-3)18-11-10-16(29)14-20(18)31-24/h6-11,14-15,21,25,29H,4-5,12-13H2,1-3H3/p+2/t21-/m1/s1. The lowest BCUT2D eigenvalue weighted by Gasteiger charge is -2.28. The van der Waals surface area contributed by atoms with Gasteiger partial charge in [0.1, 0.15) is 35.9 Å². The van der Waals surface area contributed by atoms with Crippen molar-refractivity contribution in [2.24, 2.45) is 0 Å². The van der Waals surface area contributed by atoms with E-state index in [9.17, 15) is 5.11 Å². The van der Waals surface area contributed by atoms with Gasteiger partial charge in [-0.3, -0.25) is 0 Å². The number of anilines is 1. The van der Waals surface area contributed by atoms with Gasteiger partial charge < -0.3 is 25.2 Å². The molecule has 0 spiro atoms. The van der Waals surface area contributed by atoms with Gasteiger partial charge in [-0.25, -0.2) is 4.57 Å². The molecule has 4 N–H and O–H groups in total. The van der Waals surface area contributed by atoms with Crippen molar-refractivity contribution in [2.75, 3.05) is 32.5 Å². The number of aromatic nitrogens is 2. The van der Waals surface area contributed by atoms with E-state index < -0.39 is 0 Å². The number of fused-ring (bicyclic) bond motifs is 2. The number of quaternary nitrogens is 1. The van der Waals surface area contributed by atoms with E-state index in [0.29, 0.717) is 17.4 Å². The van der Waals surface area contributed by atoms with E-state index >= 15 is 0 Å². The van der Waals surface area contributed by atoms with Gasteiger partial charge in [-0.05, 0) is 26.0 Å².